The van der Waals surface area contributed by atoms with Crippen LogP contribution in [0.15, 0.2) is 0 Å². The maximum Gasteiger partial charge on any atom is 0.408 e. The smallest absolute Gasteiger partial charge is 0.408 e. The first-order valence-electron chi connectivity index (χ1n) is 6.44. The molecule has 1 unspecified atom stereocenters. The Morgan fingerprint density at radius 3 is 2.17 bits per heavy atom. The van der Waals surface area contributed by atoms with Gasteiger partial charge in [0.2, 0.25) is 5.91 Å². The van der Waals surface area contributed by atoms with Gasteiger partial charge in [-0.2, -0.15) is 0 Å². The summed E-state index contributed by atoms with van der Waals surface area (Å²) in [6.07, 6.45) is 0.302. The summed E-state index contributed by atoms with van der Waals surface area (Å²) in [6.45, 7) is 11.7. The van der Waals surface area contributed by atoms with Gasteiger partial charge in [0.15, 0.2) is 0 Å². The summed E-state index contributed by atoms with van der Waals surface area (Å²) in [5.74, 6) is -0.160. The highest BCUT2D eigenvalue weighted by molar-refractivity contribution is 5.85. The number of carbonyl (C=O) groups excluding carboxylic acids is 2. The molecule has 0 bridgehead atoms. The first-order chi connectivity index (χ1) is 8.17. The lowest BCUT2D eigenvalue weighted by molar-refractivity contribution is -0.124. The molecule has 0 aliphatic rings. The van der Waals surface area contributed by atoms with Crippen LogP contribution in [0.25, 0.3) is 0 Å². The van der Waals surface area contributed by atoms with E-state index in [9.17, 15) is 9.59 Å². The van der Waals surface area contributed by atoms with Gasteiger partial charge in [-0.25, -0.2) is 4.79 Å². The van der Waals surface area contributed by atoms with Crippen molar-refractivity contribution in [2.24, 2.45) is 5.92 Å². The van der Waals surface area contributed by atoms with Crippen molar-refractivity contribution in [3.63, 3.8) is 0 Å². The number of ether oxygens (including phenoxy) is 1. The standard InChI is InChI=1S/C13H26N2O3/c1-7-8-14-11(16)10(9(2)3)15-12(17)18-13(4,5)6/h9-10H,7-8H2,1-6H3,(H,14,16)(H,15,17). The molecule has 0 spiro atoms. The molecule has 0 aromatic carbocycles. The summed E-state index contributed by atoms with van der Waals surface area (Å²) >= 11 is 0. The third kappa shape index (κ3) is 7.14. The lowest BCUT2D eigenvalue weighted by Gasteiger charge is -2.25. The Bertz CT molecular complexity index is 282. The number of alkyl carbamates (subject to hydrolysis) is 1. The molecule has 0 aromatic heterocycles. The molecule has 0 aromatic rings. The van der Waals surface area contributed by atoms with E-state index in [4.69, 9.17) is 4.74 Å². The Hall–Kier alpha value is -1.26. The summed E-state index contributed by atoms with van der Waals surface area (Å²) in [4.78, 5) is 23.5. The third-order valence-electron chi connectivity index (χ3n) is 2.17. The van der Waals surface area contributed by atoms with Crippen LogP contribution in [0.4, 0.5) is 4.79 Å². The van der Waals surface area contributed by atoms with Gasteiger partial charge in [0.05, 0.1) is 0 Å². The second-order valence-corrected chi connectivity index (χ2v) is 5.66. The quantitative estimate of drug-likeness (QED) is 0.793. The number of amides is 2. The average Bonchev–Trinajstić information content (AvgIpc) is 2.19. The molecule has 106 valence electrons. The molecule has 0 rings (SSSR count). The molecule has 1 atom stereocenters. The van der Waals surface area contributed by atoms with Crippen LogP contribution in [-0.4, -0.2) is 30.2 Å². The summed E-state index contributed by atoms with van der Waals surface area (Å²) < 4.78 is 5.14. The monoisotopic (exact) mass is 258 g/mol. The zero-order valence-corrected chi connectivity index (χ0v) is 12.3. The molecule has 0 heterocycles. The first-order valence-corrected chi connectivity index (χ1v) is 6.44. The van der Waals surface area contributed by atoms with Crippen LogP contribution < -0.4 is 10.6 Å². The SMILES string of the molecule is CCCNC(=O)C(NC(=O)OC(C)(C)C)C(C)C. The molecule has 18 heavy (non-hydrogen) atoms. The van der Waals surface area contributed by atoms with Gasteiger partial charge < -0.3 is 15.4 Å². The maximum absolute atomic E-state index is 11.9. The molecular weight excluding hydrogens is 232 g/mol. The van der Waals surface area contributed by atoms with E-state index < -0.39 is 17.7 Å². The van der Waals surface area contributed by atoms with Crippen molar-refractivity contribution in [1.82, 2.24) is 10.6 Å². The highest BCUT2D eigenvalue weighted by Gasteiger charge is 2.26. The van der Waals surface area contributed by atoms with Gasteiger partial charge in [0, 0.05) is 6.54 Å². The fourth-order valence-corrected chi connectivity index (χ4v) is 1.33. The lowest BCUT2D eigenvalue weighted by atomic mass is 10.0. The maximum atomic E-state index is 11.9. The minimum Gasteiger partial charge on any atom is -0.444 e. The van der Waals surface area contributed by atoms with E-state index in [1.807, 2.05) is 20.8 Å². The molecule has 0 aliphatic carbocycles. The van der Waals surface area contributed by atoms with Crippen LogP contribution >= 0.6 is 0 Å². The van der Waals surface area contributed by atoms with Crippen LogP contribution in [0.2, 0.25) is 0 Å². The summed E-state index contributed by atoms with van der Waals surface area (Å²) in [5, 5.41) is 5.38. The van der Waals surface area contributed by atoms with Crippen LogP contribution in [0.1, 0.15) is 48.0 Å². The zero-order valence-electron chi connectivity index (χ0n) is 12.3. The minimum absolute atomic E-state index is 0.00868. The summed E-state index contributed by atoms with van der Waals surface area (Å²) in [6, 6.07) is -0.564. The molecule has 0 radical (unpaired) electrons. The van der Waals surface area contributed by atoms with E-state index in [1.165, 1.54) is 0 Å². The Morgan fingerprint density at radius 2 is 1.78 bits per heavy atom. The van der Waals surface area contributed by atoms with Crippen molar-refractivity contribution < 1.29 is 14.3 Å². The highest BCUT2D eigenvalue weighted by Crippen LogP contribution is 2.08. The Labute approximate surface area is 110 Å². The van der Waals surface area contributed by atoms with Gasteiger partial charge in [-0.1, -0.05) is 20.8 Å². The number of carbonyl (C=O) groups is 2. The summed E-state index contributed by atoms with van der Waals surface area (Å²) in [5.41, 5.74) is -0.564. The van der Waals surface area contributed by atoms with Crippen molar-refractivity contribution in [2.75, 3.05) is 6.54 Å². The number of nitrogens with one attached hydrogen (secondary N) is 2. The Morgan fingerprint density at radius 1 is 1.22 bits per heavy atom. The van der Waals surface area contributed by atoms with Gasteiger partial charge >= 0.3 is 6.09 Å². The van der Waals surface area contributed by atoms with Gasteiger partial charge in [0.25, 0.3) is 0 Å². The van der Waals surface area contributed by atoms with Gasteiger partial charge in [-0.3, -0.25) is 4.79 Å². The highest BCUT2D eigenvalue weighted by atomic mass is 16.6. The van der Waals surface area contributed by atoms with Gasteiger partial charge in [0.1, 0.15) is 11.6 Å². The molecule has 0 saturated heterocycles. The van der Waals surface area contributed by atoms with E-state index >= 15 is 0 Å². The third-order valence-corrected chi connectivity index (χ3v) is 2.17. The summed E-state index contributed by atoms with van der Waals surface area (Å²) in [7, 11) is 0. The van der Waals surface area contributed by atoms with Crippen molar-refractivity contribution in [2.45, 2.75) is 59.6 Å². The molecule has 5 heteroatoms. The van der Waals surface area contributed by atoms with E-state index in [0.29, 0.717) is 6.54 Å². The van der Waals surface area contributed by atoms with Crippen molar-refractivity contribution in [1.29, 1.82) is 0 Å². The van der Waals surface area contributed by atoms with Crippen LogP contribution in [0.3, 0.4) is 0 Å². The van der Waals surface area contributed by atoms with Crippen molar-refractivity contribution >= 4 is 12.0 Å². The lowest BCUT2D eigenvalue weighted by Crippen LogP contribution is -2.51. The molecular formula is C13H26N2O3. The Balaban J connectivity index is 4.45. The van der Waals surface area contributed by atoms with Crippen molar-refractivity contribution in [3.05, 3.63) is 0 Å². The average molecular weight is 258 g/mol. The van der Waals surface area contributed by atoms with E-state index in [2.05, 4.69) is 10.6 Å². The zero-order chi connectivity index (χ0) is 14.3. The predicted octanol–water partition coefficient (Wildman–Crippen LogP) is 2.06. The second kappa shape index (κ2) is 7.24. The fraction of sp³-hybridized carbons (Fsp3) is 0.846. The number of hydrogen-bond acceptors (Lipinski definition) is 3. The predicted molar refractivity (Wildman–Crippen MR) is 71.3 cm³/mol. The molecule has 0 saturated carbocycles. The van der Waals surface area contributed by atoms with Gasteiger partial charge in [-0.15, -0.1) is 0 Å². The van der Waals surface area contributed by atoms with Crippen LogP contribution in [0, 0.1) is 5.92 Å². The first kappa shape index (κ1) is 16.7. The normalized spacial score (nSPS) is 13.1. The largest absolute Gasteiger partial charge is 0.444 e. The van der Waals surface area contributed by atoms with Crippen LogP contribution in [-0.2, 0) is 9.53 Å². The minimum atomic E-state index is -0.564. The molecule has 2 amide bonds. The second-order valence-electron chi connectivity index (χ2n) is 5.66. The molecule has 0 fully saturated rings. The molecule has 2 N–H and O–H groups in total. The molecule has 0 aliphatic heterocycles. The van der Waals surface area contributed by atoms with E-state index in [-0.39, 0.29) is 11.8 Å². The Kier molecular flexibility index (Phi) is 6.73. The van der Waals surface area contributed by atoms with E-state index in [0.717, 1.165) is 6.42 Å². The van der Waals surface area contributed by atoms with Crippen molar-refractivity contribution in [3.8, 4) is 0 Å². The topological polar surface area (TPSA) is 67.4 Å². The molecule has 5 nitrogen and oxygen atoms in total. The van der Waals surface area contributed by atoms with Crippen LogP contribution in [0.5, 0.6) is 0 Å². The number of hydrogen-bond donors (Lipinski definition) is 2. The van der Waals surface area contributed by atoms with E-state index in [1.54, 1.807) is 20.8 Å². The number of rotatable bonds is 5. The van der Waals surface area contributed by atoms with Gasteiger partial charge in [-0.05, 0) is 33.1 Å². The fourth-order valence-electron chi connectivity index (χ4n) is 1.33.